The highest BCUT2D eigenvalue weighted by atomic mass is 35.5. The van der Waals surface area contributed by atoms with Crippen molar-refractivity contribution in [1.82, 2.24) is 5.32 Å². The minimum Gasteiger partial charge on any atom is -0.456 e. The molecule has 3 rings (SSSR count). The molecule has 0 saturated carbocycles. The lowest BCUT2D eigenvalue weighted by atomic mass is 10.1. The first kappa shape index (κ1) is 16.2. The molecule has 0 bridgehead atoms. The van der Waals surface area contributed by atoms with Gasteiger partial charge in [-0.1, -0.05) is 53.2 Å². The Balaban J connectivity index is 1.83. The summed E-state index contributed by atoms with van der Waals surface area (Å²) < 4.78 is 5.85. The molecule has 1 atom stereocenters. The van der Waals surface area contributed by atoms with Crippen LogP contribution in [-0.2, 0) is 11.2 Å². The van der Waals surface area contributed by atoms with Crippen LogP contribution in [0.5, 0.6) is 11.5 Å². The summed E-state index contributed by atoms with van der Waals surface area (Å²) in [6, 6.07) is 12.3. The Morgan fingerprint density at radius 1 is 1.09 bits per heavy atom. The van der Waals surface area contributed by atoms with Gasteiger partial charge >= 0.3 is 0 Å². The molecule has 0 aliphatic carbocycles. The van der Waals surface area contributed by atoms with Gasteiger partial charge in [0.1, 0.15) is 11.5 Å². The summed E-state index contributed by atoms with van der Waals surface area (Å²) in [6.07, 6.45) is 0.392. The molecule has 2 aromatic rings. The van der Waals surface area contributed by atoms with Gasteiger partial charge in [-0.2, -0.15) is 0 Å². The summed E-state index contributed by atoms with van der Waals surface area (Å²) >= 11 is 13.0. The topological polar surface area (TPSA) is 55.4 Å². The number of carbonyl (C=O) groups excluding carboxylic acids is 2. The van der Waals surface area contributed by atoms with Crippen LogP contribution in [0, 0.1) is 0 Å². The van der Waals surface area contributed by atoms with Crippen LogP contribution in [0.15, 0.2) is 42.5 Å². The zero-order valence-electron chi connectivity index (χ0n) is 11.7. The quantitative estimate of drug-likeness (QED) is 0.852. The van der Waals surface area contributed by atoms with Gasteiger partial charge in [0.2, 0.25) is 5.91 Å². The normalized spacial score (nSPS) is 17.2. The Bertz CT molecular complexity index is 782. The molecule has 0 spiro atoms. The number of thioether (sulfide) groups is 1. The Labute approximate surface area is 147 Å². The van der Waals surface area contributed by atoms with Crippen molar-refractivity contribution in [2.24, 2.45) is 0 Å². The van der Waals surface area contributed by atoms with Crippen molar-refractivity contribution in [3.63, 3.8) is 0 Å². The first-order valence-electron chi connectivity index (χ1n) is 6.75. The molecule has 1 fully saturated rings. The zero-order chi connectivity index (χ0) is 16.4. The number of nitrogens with one attached hydrogen (secondary N) is 1. The van der Waals surface area contributed by atoms with Gasteiger partial charge in [0, 0.05) is 5.02 Å². The lowest BCUT2D eigenvalue weighted by Crippen LogP contribution is -2.25. The largest absolute Gasteiger partial charge is 0.456 e. The van der Waals surface area contributed by atoms with Crippen molar-refractivity contribution in [3.8, 4) is 11.5 Å². The van der Waals surface area contributed by atoms with Crippen LogP contribution in [0.3, 0.4) is 0 Å². The SMILES string of the molecule is O=C1NC(=O)C(Cc2ccccc2Oc2ccc(Cl)cc2Cl)S1. The fourth-order valence-electron chi connectivity index (χ4n) is 2.18. The minimum absolute atomic E-state index is 0.278. The third-order valence-electron chi connectivity index (χ3n) is 3.26. The average molecular weight is 368 g/mol. The molecule has 2 aromatic carbocycles. The van der Waals surface area contributed by atoms with Crippen molar-refractivity contribution in [3.05, 3.63) is 58.1 Å². The predicted octanol–water partition coefficient (Wildman–Crippen LogP) is 4.68. The number of para-hydroxylation sites is 1. The number of imide groups is 1. The second kappa shape index (κ2) is 6.83. The van der Waals surface area contributed by atoms with Gasteiger partial charge < -0.3 is 4.74 Å². The van der Waals surface area contributed by atoms with Crippen LogP contribution in [0.2, 0.25) is 10.0 Å². The Morgan fingerprint density at radius 2 is 1.87 bits per heavy atom. The molecule has 2 amide bonds. The van der Waals surface area contributed by atoms with E-state index in [1.165, 1.54) is 0 Å². The number of amides is 2. The second-order valence-corrected chi connectivity index (χ2v) is 6.89. The maximum absolute atomic E-state index is 11.7. The molecule has 23 heavy (non-hydrogen) atoms. The smallest absolute Gasteiger partial charge is 0.286 e. The number of hydrogen-bond donors (Lipinski definition) is 1. The highest BCUT2D eigenvalue weighted by Gasteiger charge is 2.32. The van der Waals surface area contributed by atoms with Crippen LogP contribution in [0.4, 0.5) is 4.79 Å². The summed E-state index contributed by atoms with van der Waals surface area (Å²) in [6.45, 7) is 0. The van der Waals surface area contributed by atoms with Crippen molar-refractivity contribution in [2.75, 3.05) is 0 Å². The van der Waals surface area contributed by atoms with E-state index in [0.717, 1.165) is 17.3 Å². The van der Waals surface area contributed by atoms with E-state index in [0.29, 0.717) is 28.0 Å². The highest BCUT2D eigenvalue weighted by molar-refractivity contribution is 8.15. The first-order valence-corrected chi connectivity index (χ1v) is 8.39. The fourth-order valence-corrected chi connectivity index (χ4v) is 3.47. The molecular weight excluding hydrogens is 357 g/mol. The summed E-state index contributed by atoms with van der Waals surface area (Å²) in [4.78, 5) is 23.0. The number of halogens is 2. The summed E-state index contributed by atoms with van der Waals surface area (Å²) in [5.74, 6) is 0.784. The first-order chi connectivity index (χ1) is 11.0. The van der Waals surface area contributed by atoms with Gasteiger partial charge in [-0.3, -0.25) is 14.9 Å². The maximum atomic E-state index is 11.7. The van der Waals surface area contributed by atoms with Crippen molar-refractivity contribution < 1.29 is 14.3 Å². The molecule has 0 radical (unpaired) electrons. The number of ether oxygens (including phenoxy) is 1. The standard InChI is InChI=1S/C16H11Cl2NO3S/c17-10-5-6-13(11(18)8-10)22-12-4-2-1-3-9(12)7-14-15(20)19-16(21)23-14/h1-6,8,14H,7H2,(H,19,20,21). The van der Waals surface area contributed by atoms with Crippen LogP contribution in [0.25, 0.3) is 0 Å². The molecule has 1 saturated heterocycles. The lowest BCUT2D eigenvalue weighted by molar-refractivity contribution is -0.118. The van der Waals surface area contributed by atoms with Gasteiger partial charge in [0.05, 0.1) is 10.3 Å². The van der Waals surface area contributed by atoms with E-state index >= 15 is 0 Å². The summed E-state index contributed by atoms with van der Waals surface area (Å²) in [5.41, 5.74) is 0.820. The molecule has 118 valence electrons. The van der Waals surface area contributed by atoms with Gasteiger partial charge in [-0.25, -0.2) is 0 Å². The molecule has 4 nitrogen and oxygen atoms in total. The number of benzene rings is 2. The minimum atomic E-state index is -0.451. The van der Waals surface area contributed by atoms with Gasteiger partial charge in [0.15, 0.2) is 0 Å². The van der Waals surface area contributed by atoms with Crippen molar-refractivity contribution in [1.29, 1.82) is 0 Å². The van der Waals surface area contributed by atoms with Crippen LogP contribution >= 0.6 is 35.0 Å². The Hall–Kier alpha value is -1.69. The molecule has 1 aliphatic rings. The van der Waals surface area contributed by atoms with E-state index in [4.69, 9.17) is 27.9 Å². The van der Waals surface area contributed by atoms with Gasteiger partial charge in [-0.15, -0.1) is 0 Å². The molecular formula is C16H11Cl2NO3S. The van der Waals surface area contributed by atoms with Crippen molar-refractivity contribution in [2.45, 2.75) is 11.7 Å². The molecule has 1 aliphatic heterocycles. The Kier molecular flexibility index (Phi) is 4.80. The van der Waals surface area contributed by atoms with E-state index < -0.39 is 5.25 Å². The second-order valence-electron chi connectivity index (χ2n) is 4.87. The predicted molar refractivity (Wildman–Crippen MR) is 91.6 cm³/mol. The third kappa shape index (κ3) is 3.80. The zero-order valence-corrected chi connectivity index (χ0v) is 14.0. The van der Waals surface area contributed by atoms with Crippen LogP contribution in [-0.4, -0.2) is 16.4 Å². The monoisotopic (exact) mass is 367 g/mol. The molecule has 0 aromatic heterocycles. The molecule has 1 unspecified atom stereocenters. The number of hydrogen-bond acceptors (Lipinski definition) is 4. The van der Waals surface area contributed by atoms with E-state index in [2.05, 4.69) is 5.32 Å². The fraction of sp³-hybridized carbons (Fsp3) is 0.125. The molecule has 7 heteroatoms. The van der Waals surface area contributed by atoms with Crippen LogP contribution in [0.1, 0.15) is 5.56 Å². The van der Waals surface area contributed by atoms with Gasteiger partial charge in [0.25, 0.3) is 5.24 Å². The third-order valence-corrected chi connectivity index (χ3v) is 4.77. The maximum Gasteiger partial charge on any atom is 0.286 e. The van der Waals surface area contributed by atoms with Crippen molar-refractivity contribution >= 4 is 46.1 Å². The summed E-state index contributed by atoms with van der Waals surface area (Å²) in [5, 5.41) is 2.43. The van der Waals surface area contributed by atoms with E-state index in [1.807, 2.05) is 18.2 Å². The number of carbonyl (C=O) groups is 2. The van der Waals surface area contributed by atoms with E-state index in [1.54, 1.807) is 24.3 Å². The average Bonchev–Trinajstić information content (AvgIpc) is 2.82. The number of rotatable bonds is 4. The van der Waals surface area contributed by atoms with E-state index in [9.17, 15) is 9.59 Å². The van der Waals surface area contributed by atoms with Crippen LogP contribution < -0.4 is 10.1 Å². The molecule has 1 heterocycles. The lowest BCUT2D eigenvalue weighted by Gasteiger charge is -2.13. The van der Waals surface area contributed by atoms with E-state index in [-0.39, 0.29) is 11.1 Å². The Morgan fingerprint density at radius 3 is 2.57 bits per heavy atom. The summed E-state index contributed by atoms with van der Waals surface area (Å²) in [7, 11) is 0. The molecule has 1 N–H and O–H groups in total. The van der Waals surface area contributed by atoms with Gasteiger partial charge in [-0.05, 0) is 36.2 Å². The highest BCUT2D eigenvalue weighted by Crippen LogP contribution is 2.34.